The number of carbonyl (C=O) groups is 2. The van der Waals surface area contributed by atoms with Crippen molar-refractivity contribution < 1.29 is 29.6 Å². The lowest BCUT2D eigenvalue weighted by Gasteiger charge is -2.17. The molecule has 4 aromatic carbocycles. The highest BCUT2D eigenvalue weighted by Crippen LogP contribution is 2.31. The van der Waals surface area contributed by atoms with Gasteiger partial charge in [0.05, 0.1) is 35.0 Å². The fraction of sp³-hybridized carbons (Fsp3) is 0.216. The first kappa shape index (κ1) is 35.0. The van der Waals surface area contributed by atoms with Crippen LogP contribution in [0.25, 0.3) is 22.0 Å². The maximum Gasteiger partial charge on any atom is 0.409 e. The van der Waals surface area contributed by atoms with Crippen molar-refractivity contribution in [1.82, 2.24) is 15.6 Å². The molecule has 0 aliphatic rings. The highest BCUT2D eigenvalue weighted by molar-refractivity contribution is 6.34. The first-order chi connectivity index (χ1) is 23.6. The second kappa shape index (κ2) is 16.2. The van der Waals surface area contributed by atoms with E-state index in [4.69, 9.17) is 16.3 Å². The lowest BCUT2D eigenvalue weighted by Crippen LogP contribution is -2.25. The number of hydrogen-bond acceptors (Lipinski definition) is 7. The first-order valence-electron chi connectivity index (χ1n) is 15.7. The average Bonchev–Trinajstić information content (AvgIpc) is 3.08. The molecule has 1 atom stereocenters. The summed E-state index contributed by atoms with van der Waals surface area (Å²) < 4.78 is 5.53. The van der Waals surface area contributed by atoms with Gasteiger partial charge in [-0.3, -0.25) is 14.9 Å². The van der Waals surface area contributed by atoms with Crippen LogP contribution in [-0.4, -0.2) is 52.5 Å². The molecule has 2 amide bonds. The van der Waals surface area contributed by atoms with Crippen molar-refractivity contribution in [2.24, 2.45) is 0 Å². The number of phenolic OH excluding ortho intramolecular Hbond substituents is 1. The number of H-pyrrole nitrogens is 1. The zero-order valence-corrected chi connectivity index (χ0v) is 27.5. The number of aromatic hydroxyl groups is 1. The number of carboxylic acid groups (broad SMARTS) is 1. The minimum Gasteiger partial charge on any atom is -0.506 e. The number of halogens is 1. The predicted molar refractivity (Wildman–Crippen MR) is 190 cm³/mol. The van der Waals surface area contributed by atoms with Crippen LogP contribution in [0.5, 0.6) is 11.5 Å². The molecule has 254 valence electrons. The van der Waals surface area contributed by atoms with Gasteiger partial charge in [-0.1, -0.05) is 60.1 Å². The number of fused-ring (bicyclic) bond motifs is 1. The van der Waals surface area contributed by atoms with E-state index in [-0.39, 0.29) is 46.4 Å². The molecule has 7 N–H and O–H groups in total. The van der Waals surface area contributed by atoms with Crippen molar-refractivity contribution in [3.8, 4) is 22.6 Å². The fourth-order valence-electron chi connectivity index (χ4n) is 5.69. The summed E-state index contributed by atoms with van der Waals surface area (Å²) in [6.07, 6.45) is 0.0856. The number of carbonyl (C=O) groups excluding carboxylic acids is 1. The summed E-state index contributed by atoms with van der Waals surface area (Å²) in [5, 5.41) is 39.7. The number of benzene rings is 4. The second-order valence-corrected chi connectivity index (χ2v) is 11.9. The first-order valence-corrected chi connectivity index (χ1v) is 16.1. The van der Waals surface area contributed by atoms with Crippen molar-refractivity contribution in [3.63, 3.8) is 0 Å². The Balaban J connectivity index is 1.13. The third kappa shape index (κ3) is 8.76. The lowest BCUT2D eigenvalue weighted by molar-refractivity contribution is 0.0952. The molecular weight excluding hydrogens is 648 g/mol. The molecule has 0 aliphatic heterocycles. The largest absolute Gasteiger partial charge is 0.506 e. The number of rotatable bonds is 14. The highest BCUT2D eigenvalue weighted by Gasteiger charge is 2.17. The molecule has 0 fully saturated rings. The Morgan fingerprint density at radius 3 is 2.53 bits per heavy atom. The van der Waals surface area contributed by atoms with Gasteiger partial charge in [0.25, 0.3) is 5.91 Å². The SMILES string of the molecule is COc1cc(C(=O)NCCCCc2ccc(-c3ccccc3)c(NC(=O)O)c2)c(Cl)cc1CNC[C@H](O)c1ccc(O)c2[nH]c(=O)ccc12. The summed E-state index contributed by atoms with van der Waals surface area (Å²) in [4.78, 5) is 38.7. The van der Waals surface area contributed by atoms with Gasteiger partial charge >= 0.3 is 6.09 Å². The van der Waals surface area contributed by atoms with Crippen LogP contribution in [0.15, 0.2) is 89.7 Å². The van der Waals surface area contributed by atoms with Crippen LogP contribution in [-0.2, 0) is 13.0 Å². The summed E-state index contributed by atoms with van der Waals surface area (Å²) in [5.41, 5.74) is 4.60. The Labute approximate surface area is 287 Å². The van der Waals surface area contributed by atoms with Crippen LogP contribution in [0.3, 0.4) is 0 Å². The van der Waals surface area contributed by atoms with Gasteiger partial charge in [0.15, 0.2) is 0 Å². The van der Waals surface area contributed by atoms with Crippen molar-refractivity contribution >= 4 is 40.2 Å². The molecule has 49 heavy (non-hydrogen) atoms. The predicted octanol–water partition coefficient (Wildman–Crippen LogP) is 6.23. The van der Waals surface area contributed by atoms with Gasteiger partial charge in [0.2, 0.25) is 5.56 Å². The number of aromatic amines is 1. The molecule has 0 bridgehead atoms. The molecule has 0 saturated carbocycles. The van der Waals surface area contributed by atoms with Gasteiger partial charge in [0.1, 0.15) is 11.5 Å². The average molecular weight is 685 g/mol. The van der Waals surface area contributed by atoms with Gasteiger partial charge < -0.3 is 35.7 Å². The van der Waals surface area contributed by atoms with E-state index >= 15 is 0 Å². The van der Waals surface area contributed by atoms with Crippen molar-refractivity contribution in [1.29, 1.82) is 0 Å². The number of nitrogens with one attached hydrogen (secondary N) is 4. The van der Waals surface area contributed by atoms with E-state index in [9.17, 15) is 29.7 Å². The number of aliphatic hydroxyl groups is 1. The third-order valence-corrected chi connectivity index (χ3v) is 8.43. The summed E-state index contributed by atoms with van der Waals surface area (Å²) in [7, 11) is 1.50. The number of pyridine rings is 1. The van der Waals surface area contributed by atoms with Gasteiger partial charge in [0, 0.05) is 42.2 Å². The number of methoxy groups -OCH3 is 1. The summed E-state index contributed by atoms with van der Waals surface area (Å²) in [6, 6.07) is 24.5. The van der Waals surface area contributed by atoms with Crippen LogP contribution in [0, 0.1) is 0 Å². The van der Waals surface area contributed by atoms with Crippen LogP contribution < -0.4 is 26.2 Å². The molecule has 1 heterocycles. The topological polar surface area (TPSA) is 173 Å². The number of ether oxygens (including phenoxy) is 1. The van der Waals surface area contributed by atoms with Crippen LogP contribution in [0.2, 0.25) is 5.02 Å². The van der Waals surface area contributed by atoms with Crippen molar-refractivity contribution in [2.75, 3.05) is 25.5 Å². The molecule has 5 rings (SSSR count). The van der Waals surface area contributed by atoms with E-state index in [1.165, 1.54) is 19.2 Å². The number of unbranched alkanes of at least 4 members (excludes halogenated alkanes) is 1. The molecule has 0 unspecified atom stereocenters. The minimum absolute atomic E-state index is 0.0871. The molecule has 0 spiro atoms. The standard InChI is InChI=1S/C37H37ClN4O7/c1-49-33-19-28(29(38)18-24(33)20-39-21-32(44)26-12-14-31(43)35-27(26)13-15-34(45)42-35)36(46)40-16-6-5-7-22-10-11-25(23-8-3-2-4-9-23)30(17-22)41-37(47)48/h2-4,8-15,17-19,32,39,41,43-44H,5-7,16,20-21H2,1H3,(H,40,46)(H,42,45)(H,47,48)/t32-/m0/s1. The van der Waals surface area contributed by atoms with Gasteiger partial charge in [-0.25, -0.2) is 4.79 Å². The van der Waals surface area contributed by atoms with Crippen molar-refractivity contribution in [2.45, 2.75) is 31.9 Å². The van der Waals surface area contributed by atoms with E-state index in [0.29, 0.717) is 47.3 Å². The molecule has 0 aliphatic carbocycles. The van der Waals surface area contributed by atoms with Gasteiger partial charge in [-0.05, 0) is 66.3 Å². The van der Waals surface area contributed by atoms with Gasteiger partial charge in [-0.2, -0.15) is 0 Å². The van der Waals surface area contributed by atoms with E-state index < -0.39 is 12.2 Å². The highest BCUT2D eigenvalue weighted by atomic mass is 35.5. The molecule has 12 heteroatoms. The Morgan fingerprint density at radius 1 is 0.980 bits per heavy atom. The maximum atomic E-state index is 13.0. The smallest absolute Gasteiger partial charge is 0.409 e. The monoisotopic (exact) mass is 684 g/mol. The Morgan fingerprint density at radius 2 is 1.78 bits per heavy atom. The third-order valence-electron chi connectivity index (χ3n) is 8.12. The van der Waals surface area contributed by atoms with E-state index in [1.807, 2.05) is 48.5 Å². The molecule has 0 saturated heterocycles. The summed E-state index contributed by atoms with van der Waals surface area (Å²) >= 11 is 6.52. The number of hydrogen-bond donors (Lipinski definition) is 7. The number of anilines is 1. The second-order valence-electron chi connectivity index (χ2n) is 11.5. The molecular formula is C37H37ClN4O7. The Hall–Kier alpha value is -5.36. The number of phenols is 1. The Kier molecular flexibility index (Phi) is 11.5. The minimum atomic E-state index is -1.13. The van der Waals surface area contributed by atoms with E-state index in [0.717, 1.165) is 23.1 Å². The van der Waals surface area contributed by atoms with Crippen LogP contribution >= 0.6 is 11.6 Å². The summed E-state index contributed by atoms with van der Waals surface area (Å²) in [5.74, 6) is 0.0282. The normalized spacial score (nSPS) is 11.7. The number of aryl methyl sites for hydroxylation is 1. The zero-order valence-electron chi connectivity index (χ0n) is 26.8. The number of aromatic nitrogens is 1. The molecule has 1 aromatic heterocycles. The number of amides is 2. The Bertz CT molecular complexity index is 2020. The maximum absolute atomic E-state index is 13.0. The zero-order chi connectivity index (χ0) is 34.9. The lowest BCUT2D eigenvalue weighted by atomic mass is 9.99. The summed E-state index contributed by atoms with van der Waals surface area (Å²) in [6.45, 7) is 0.849. The van der Waals surface area contributed by atoms with E-state index in [2.05, 4.69) is 20.9 Å². The molecule has 5 aromatic rings. The van der Waals surface area contributed by atoms with E-state index in [1.54, 1.807) is 24.3 Å². The van der Waals surface area contributed by atoms with Crippen LogP contribution in [0.4, 0.5) is 10.5 Å². The van der Waals surface area contributed by atoms with Crippen LogP contribution in [0.1, 0.15) is 46.0 Å². The quantitative estimate of drug-likeness (QED) is 0.0675. The van der Waals surface area contributed by atoms with Gasteiger partial charge in [-0.15, -0.1) is 0 Å². The molecule has 0 radical (unpaired) electrons. The number of aliphatic hydroxyl groups excluding tert-OH is 1. The fourth-order valence-corrected chi connectivity index (χ4v) is 5.96. The van der Waals surface area contributed by atoms with Crippen molar-refractivity contribution in [3.05, 3.63) is 123 Å². The molecule has 11 nitrogen and oxygen atoms in total.